The van der Waals surface area contributed by atoms with Crippen LogP contribution in [0.3, 0.4) is 0 Å². The van der Waals surface area contributed by atoms with Gasteiger partial charge in [0.1, 0.15) is 0 Å². The minimum absolute atomic E-state index is 0.451. The molecule has 1 aromatic carbocycles. The van der Waals surface area contributed by atoms with Crippen LogP contribution in [0.15, 0.2) is 30.6 Å². The lowest BCUT2D eigenvalue weighted by molar-refractivity contribution is 0.792. The van der Waals surface area contributed by atoms with Gasteiger partial charge in [-0.2, -0.15) is 0 Å². The van der Waals surface area contributed by atoms with Crippen LogP contribution in [0.1, 0.15) is 5.56 Å². The maximum absolute atomic E-state index is 5.89. The third-order valence-electron chi connectivity index (χ3n) is 1.94. The van der Waals surface area contributed by atoms with E-state index in [9.17, 15) is 0 Å². The van der Waals surface area contributed by atoms with Gasteiger partial charge in [-0.05, 0) is 17.7 Å². The van der Waals surface area contributed by atoms with Gasteiger partial charge in [-0.25, -0.2) is 4.68 Å². The van der Waals surface area contributed by atoms with Crippen molar-refractivity contribution in [1.29, 1.82) is 0 Å². The molecule has 1 aromatic heterocycles. The molecule has 0 spiro atoms. The molecule has 0 unspecified atom stereocenters. The number of aromatic nitrogens is 3. The summed E-state index contributed by atoms with van der Waals surface area (Å²) in [6.07, 6.45) is 3.37. The summed E-state index contributed by atoms with van der Waals surface area (Å²) >= 11 is 5.89. The van der Waals surface area contributed by atoms with Crippen LogP contribution in [0.25, 0.3) is 5.69 Å². The predicted molar refractivity (Wildman–Crippen MR) is 54.3 cm³/mol. The first kappa shape index (κ1) is 9.18. The standard InChI is InChI=1S/C9H9ClN4/c10-8-2-1-7(6-11)9(5-8)14-4-3-12-13-14/h1-5H,6,11H2. The largest absolute Gasteiger partial charge is 0.326 e. The van der Waals surface area contributed by atoms with E-state index >= 15 is 0 Å². The zero-order chi connectivity index (χ0) is 9.97. The van der Waals surface area contributed by atoms with E-state index in [2.05, 4.69) is 10.3 Å². The number of halogens is 1. The first-order chi connectivity index (χ1) is 6.81. The van der Waals surface area contributed by atoms with Crippen molar-refractivity contribution >= 4 is 11.6 Å². The summed E-state index contributed by atoms with van der Waals surface area (Å²) in [5.74, 6) is 0. The second-order valence-electron chi connectivity index (χ2n) is 2.82. The van der Waals surface area contributed by atoms with E-state index in [4.69, 9.17) is 17.3 Å². The van der Waals surface area contributed by atoms with Crippen LogP contribution in [0.5, 0.6) is 0 Å². The smallest absolute Gasteiger partial charge is 0.0723 e. The van der Waals surface area contributed by atoms with Crippen molar-refractivity contribution in [3.63, 3.8) is 0 Å². The molecule has 2 aromatic rings. The quantitative estimate of drug-likeness (QED) is 0.811. The Hall–Kier alpha value is -1.39. The Balaban J connectivity index is 2.55. The summed E-state index contributed by atoms with van der Waals surface area (Å²) in [5, 5.41) is 8.28. The number of nitrogens with zero attached hydrogens (tertiary/aromatic N) is 3. The van der Waals surface area contributed by atoms with Gasteiger partial charge < -0.3 is 5.73 Å². The summed E-state index contributed by atoms with van der Waals surface area (Å²) in [6, 6.07) is 5.52. The molecular formula is C9H9ClN4. The predicted octanol–water partition coefficient (Wildman–Crippen LogP) is 1.38. The third-order valence-corrected chi connectivity index (χ3v) is 2.17. The van der Waals surface area contributed by atoms with Crippen LogP contribution in [-0.4, -0.2) is 15.0 Å². The van der Waals surface area contributed by atoms with E-state index < -0.39 is 0 Å². The lowest BCUT2D eigenvalue weighted by Gasteiger charge is -2.06. The summed E-state index contributed by atoms with van der Waals surface area (Å²) in [7, 11) is 0. The van der Waals surface area contributed by atoms with E-state index in [1.165, 1.54) is 0 Å². The Morgan fingerprint density at radius 1 is 1.43 bits per heavy atom. The molecule has 0 aliphatic carbocycles. The second-order valence-corrected chi connectivity index (χ2v) is 3.26. The molecule has 0 atom stereocenters. The number of benzene rings is 1. The molecule has 14 heavy (non-hydrogen) atoms. The second kappa shape index (κ2) is 3.77. The highest BCUT2D eigenvalue weighted by Crippen LogP contribution is 2.18. The monoisotopic (exact) mass is 208 g/mol. The molecule has 0 amide bonds. The fraction of sp³-hybridized carbons (Fsp3) is 0.111. The number of hydrogen-bond acceptors (Lipinski definition) is 3. The first-order valence-corrected chi connectivity index (χ1v) is 4.54. The molecule has 0 radical (unpaired) electrons. The minimum atomic E-state index is 0.451. The first-order valence-electron chi connectivity index (χ1n) is 4.16. The van der Waals surface area contributed by atoms with Crippen molar-refractivity contribution in [2.24, 2.45) is 5.73 Å². The average molecular weight is 209 g/mol. The molecule has 72 valence electrons. The Kier molecular flexibility index (Phi) is 2.47. The van der Waals surface area contributed by atoms with Gasteiger partial charge in [0.15, 0.2) is 0 Å². The summed E-state index contributed by atoms with van der Waals surface area (Å²) in [4.78, 5) is 0. The highest BCUT2D eigenvalue weighted by molar-refractivity contribution is 6.30. The fourth-order valence-electron chi connectivity index (χ4n) is 1.26. The van der Waals surface area contributed by atoms with Gasteiger partial charge in [0.05, 0.1) is 18.1 Å². The molecule has 0 aliphatic rings. The van der Waals surface area contributed by atoms with Crippen LogP contribution in [0.4, 0.5) is 0 Å². The van der Waals surface area contributed by atoms with E-state index in [0.717, 1.165) is 11.3 Å². The van der Waals surface area contributed by atoms with Crippen LogP contribution in [-0.2, 0) is 6.54 Å². The highest BCUT2D eigenvalue weighted by Gasteiger charge is 2.04. The molecule has 2 N–H and O–H groups in total. The van der Waals surface area contributed by atoms with Crippen molar-refractivity contribution in [2.75, 3.05) is 0 Å². The highest BCUT2D eigenvalue weighted by atomic mass is 35.5. The van der Waals surface area contributed by atoms with Crippen LogP contribution in [0.2, 0.25) is 5.02 Å². The SMILES string of the molecule is NCc1ccc(Cl)cc1-n1ccnn1. The van der Waals surface area contributed by atoms with E-state index in [1.807, 2.05) is 18.2 Å². The molecule has 0 fully saturated rings. The zero-order valence-electron chi connectivity index (χ0n) is 7.39. The summed E-state index contributed by atoms with van der Waals surface area (Å²) < 4.78 is 1.65. The van der Waals surface area contributed by atoms with Crippen LogP contribution < -0.4 is 5.73 Å². The zero-order valence-corrected chi connectivity index (χ0v) is 8.15. The average Bonchev–Trinajstić information content (AvgIpc) is 2.70. The summed E-state index contributed by atoms with van der Waals surface area (Å²) in [5.41, 5.74) is 7.46. The summed E-state index contributed by atoms with van der Waals surface area (Å²) in [6.45, 7) is 0.451. The Bertz CT molecular complexity index is 424. The van der Waals surface area contributed by atoms with Crippen LogP contribution in [0, 0.1) is 0 Å². The molecule has 4 nitrogen and oxygen atoms in total. The third kappa shape index (κ3) is 1.62. The van der Waals surface area contributed by atoms with Crippen molar-refractivity contribution in [2.45, 2.75) is 6.54 Å². The molecule has 1 heterocycles. The number of hydrogen-bond donors (Lipinski definition) is 1. The fourth-order valence-corrected chi connectivity index (χ4v) is 1.43. The molecule has 0 saturated carbocycles. The maximum atomic E-state index is 5.89. The lowest BCUT2D eigenvalue weighted by atomic mass is 10.2. The van der Waals surface area contributed by atoms with E-state index in [-0.39, 0.29) is 0 Å². The molecular weight excluding hydrogens is 200 g/mol. The Labute approximate surface area is 86.3 Å². The van der Waals surface area contributed by atoms with Gasteiger partial charge in [0.25, 0.3) is 0 Å². The minimum Gasteiger partial charge on any atom is -0.326 e. The Morgan fingerprint density at radius 3 is 2.93 bits per heavy atom. The van der Waals surface area contributed by atoms with Gasteiger partial charge in [0.2, 0.25) is 0 Å². The van der Waals surface area contributed by atoms with Crippen molar-refractivity contribution in [3.8, 4) is 5.69 Å². The molecule has 0 aliphatic heterocycles. The van der Waals surface area contributed by atoms with Gasteiger partial charge in [0, 0.05) is 11.6 Å². The number of rotatable bonds is 2. The van der Waals surface area contributed by atoms with E-state index in [0.29, 0.717) is 11.6 Å². The van der Waals surface area contributed by atoms with Crippen molar-refractivity contribution in [1.82, 2.24) is 15.0 Å². The van der Waals surface area contributed by atoms with Crippen molar-refractivity contribution < 1.29 is 0 Å². The molecule has 5 heteroatoms. The van der Waals surface area contributed by atoms with Crippen LogP contribution >= 0.6 is 11.6 Å². The Morgan fingerprint density at radius 2 is 2.29 bits per heavy atom. The topological polar surface area (TPSA) is 56.7 Å². The normalized spacial score (nSPS) is 10.4. The van der Waals surface area contributed by atoms with Gasteiger partial charge >= 0.3 is 0 Å². The molecule has 0 saturated heterocycles. The van der Waals surface area contributed by atoms with Gasteiger partial charge in [-0.15, -0.1) is 5.10 Å². The van der Waals surface area contributed by atoms with Gasteiger partial charge in [-0.1, -0.05) is 22.9 Å². The van der Waals surface area contributed by atoms with Gasteiger partial charge in [-0.3, -0.25) is 0 Å². The maximum Gasteiger partial charge on any atom is 0.0723 e. The van der Waals surface area contributed by atoms with E-state index in [1.54, 1.807) is 17.1 Å². The molecule has 0 bridgehead atoms. The lowest BCUT2D eigenvalue weighted by Crippen LogP contribution is -2.05. The number of nitrogens with two attached hydrogens (primary N) is 1. The van der Waals surface area contributed by atoms with Crippen molar-refractivity contribution in [3.05, 3.63) is 41.2 Å². The molecule has 2 rings (SSSR count).